The summed E-state index contributed by atoms with van der Waals surface area (Å²) in [5, 5.41) is 9.82. The van der Waals surface area contributed by atoms with E-state index in [1.807, 2.05) is 18.2 Å². The summed E-state index contributed by atoms with van der Waals surface area (Å²) in [6.07, 6.45) is 2.66. The Morgan fingerprint density at radius 1 is 1.00 bits per heavy atom. The third kappa shape index (κ3) is 3.90. The highest BCUT2D eigenvalue weighted by molar-refractivity contribution is 5.27. The summed E-state index contributed by atoms with van der Waals surface area (Å²) in [4.78, 5) is 0. The van der Waals surface area contributed by atoms with Crippen molar-refractivity contribution in [1.29, 1.82) is 0 Å². The van der Waals surface area contributed by atoms with Crippen LogP contribution in [0.15, 0.2) is 54.6 Å². The minimum atomic E-state index is -0.484. The van der Waals surface area contributed by atoms with Crippen molar-refractivity contribution in [1.82, 2.24) is 0 Å². The van der Waals surface area contributed by atoms with E-state index in [1.54, 1.807) is 12.1 Å². The zero-order valence-corrected chi connectivity index (χ0v) is 12.1. The van der Waals surface area contributed by atoms with Gasteiger partial charge in [0, 0.05) is 12.0 Å². The summed E-state index contributed by atoms with van der Waals surface area (Å²) in [6.45, 7) is 0.327. The molecule has 0 fully saturated rings. The van der Waals surface area contributed by atoms with Crippen molar-refractivity contribution in [2.75, 3.05) is 13.2 Å². The molecule has 2 nitrogen and oxygen atoms in total. The Balaban J connectivity index is 2.06. The van der Waals surface area contributed by atoms with Crippen LogP contribution >= 0.6 is 0 Å². The molecule has 1 unspecified atom stereocenters. The predicted molar refractivity (Wildman–Crippen MR) is 83.6 cm³/mol. The van der Waals surface area contributed by atoms with E-state index in [2.05, 4.69) is 12.1 Å². The summed E-state index contributed by atoms with van der Waals surface area (Å²) >= 11 is 0. The molecule has 0 aromatic heterocycles. The van der Waals surface area contributed by atoms with Crippen LogP contribution in [0.3, 0.4) is 0 Å². The van der Waals surface area contributed by atoms with Crippen molar-refractivity contribution >= 4 is 0 Å². The number of aliphatic hydroxyl groups is 1. The minimum absolute atomic E-state index is 0.0239. The van der Waals surface area contributed by atoms with Gasteiger partial charge in [-0.05, 0) is 42.5 Å². The van der Waals surface area contributed by atoms with Gasteiger partial charge in [0.2, 0.25) is 0 Å². The van der Waals surface area contributed by atoms with Gasteiger partial charge in [-0.3, -0.25) is 0 Å². The Hall–Kier alpha value is -1.71. The van der Waals surface area contributed by atoms with E-state index in [1.165, 1.54) is 17.7 Å². The van der Waals surface area contributed by atoms with Gasteiger partial charge in [0.25, 0.3) is 0 Å². The molecule has 0 bridgehead atoms. The molecule has 0 spiro atoms. The highest BCUT2D eigenvalue weighted by atomic mass is 19.1. The van der Waals surface area contributed by atoms with Gasteiger partial charge in [0.05, 0.1) is 6.61 Å². The molecule has 3 heteroatoms. The summed E-state index contributed by atoms with van der Waals surface area (Å²) in [7, 11) is 0. The van der Waals surface area contributed by atoms with Crippen molar-refractivity contribution in [3.8, 4) is 0 Å². The van der Waals surface area contributed by atoms with Crippen LogP contribution in [-0.2, 0) is 11.8 Å². The van der Waals surface area contributed by atoms with E-state index >= 15 is 0 Å². The van der Waals surface area contributed by atoms with E-state index in [4.69, 9.17) is 5.73 Å². The van der Waals surface area contributed by atoms with Crippen LogP contribution in [0.4, 0.5) is 4.39 Å². The van der Waals surface area contributed by atoms with E-state index in [9.17, 15) is 9.50 Å². The summed E-state index contributed by atoms with van der Waals surface area (Å²) in [5.41, 5.74) is 7.61. The molecule has 112 valence electrons. The van der Waals surface area contributed by atoms with Crippen LogP contribution < -0.4 is 5.73 Å². The Bertz CT molecular complexity index is 535. The third-order valence-electron chi connectivity index (χ3n) is 4.11. The minimum Gasteiger partial charge on any atom is -0.395 e. The first kappa shape index (κ1) is 15.7. The van der Waals surface area contributed by atoms with E-state index in [0.29, 0.717) is 6.54 Å². The summed E-state index contributed by atoms with van der Waals surface area (Å²) in [6, 6.07) is 16.5. The molecule has 2 rings (SSSR count). The third-order valence-corrected chi connectivity index (χ3v) is 4.11. The quantitative estimate of drug-likeness (QED) is 0.822. The number of rotatable bonds is 7. The van der Waals surface area contributed by atoms with Crippen molar-refractivity contribution < 1.29 is 9.50 Å². The van der Waals surface area contributed by atoms with Crippen LogP contribution in [0.1, 0.15) is 24.0 Å². The number of aryl methyl sites for hydroxylation is 1. The molecule has 1 atom stereocenters. The molecule has 0 aliphatic heterocycles. The van der Waals surface area contributed by atoms with Gasteiger partial charge < -0.3 is 10.8 Å². The molecule has 2 aromatic carbocycles. The molecule has 21 heavy (non-hydrogen) atoms. The van der Waals surface area contributed by atoms with Crippen LogP contribution in [0.25, 0.3) is 0 Å². The van der Waals surface area contributed by atoms with Gasteiger partial charge >= 0.3 is 0 Å². The van der Waals surface area contributed by atoms with Crippen molar-refractivity contribution in [3.63, 3.8) is 0 Å². The Morgan fingerprint density at radius 3 is 2.24 bits per heavy atom. The molecule has 0 radical (unpaired) electrons. The number of hydrogen-bond donors (Lipinski definition) is 2. The zero-order chi connectivity index (χ0) is 15.1. The van der Waals surface area contributed by atoms with Gasteiger partial charge in [0.15, 0.2) is 0 Å². The maximum absolute atomic E-state index is 13.1. The number of hydrogen-bond acceptors (Lipinski definition) is 2. The Labute approximate surface area is 125 Å². The molecule has 0 aliphatic carbocycles. The summed E-state index contributed by atoms with van der Waals surface area (Å²) < 4.78 is 13.1. The highest BCUT2D eigenvalue weighted by Crippen LogP contribution is 2.29. The first-order chi connectivity index (χ1) is 10.2. The molecule has 0 heterocycles. The second-order valence-electron chi connectivity index (χ2n) is 5.49. The van der Waals surface area contributed by atoms with Gasteiger partial charge in [-0.1, -0.05) is 42.5 Å². The first-order valence-electron chi connectivity index (χ1n) is 7.31. The fourth-order valence-electron chi connectivity index (χ4n) is 2.68. The fourth-order valence-corrected chi connectivity index (χ4v) is 2.68. The van der Waals surface area contributed by atoms with Crippen LogP contribution in [0.2, 0.25) is 0 Å². The van der Waals surface area contributed by atoms with Gasteiger partial charge in [0.1, 0.15) is 5.82 Å². The maximum atomic E-state index is 13.1. The Morgan fingerprint density at radius 2 is 1.67 bits per heavy atom. The largest absolute Gasteiger partial charge is 0.395 e. The van der Waals surface area contributed by atoms with E-state index < -0.39 is 5.41 Å². The second kappa shape index (κ2) is 7.34. The van der Waals surface area contributed by atoms with Crippen LogP contribution in [-0.4, -0.2) is 18.3 Å². The van der Waals surface area contributed by atoms with Crippen molar-refractivity contribution in [2.24, 2.45) is 5.73 Å². The first-order valence-corrected chi connectivity index (χ1v) is 7.31. The maximum Gasteiger partial charge on any atom is 0.123 e. The second-order valence-corrected chi connectivity index (χ2v) is 5.49. The topological polar surface area (TPSA) is 46.2 Å². The fraction of sp³-hybridized carbons (Fsp3) is 0.333. The smallest absolute Gasteiger partial charge is 0.123 e. The van der Waals surface area contributed by atoms with E-state index in [0.717, 1.165) is 24.8 Å². The SMILES string of the molecule is NCC(CO)(CCCc1ccccc1)c1ccc(F)cc1. The average Bonchev–Trinajstić information content (AvgIpc) is 2.54. The normalized spacial score (nSPS) is 13.9. The highest BCUT2D eigenvalue weighted by Gasteiger charge is 2.29. The summed E-state index contributed by atoms with van der Waals surface area (Å²) in [5.74, 6) is -0.271. The zero-order valence-electron chi connectivity index (χ0n) is 12.1. The molecule has 0 amide bonds. The lowest BCUT2D eigenvalue weighted by Crippen LogP contribution is -2.39. The molecular formula is C18H22FNO. The number of nitrogens with two attached hydrogens (primary N) is 1. The molecule has 3 N–H and O–H groups in total. The standard InChI is InChI=1S/C18H22FNO/c19-17-10-8-16(9-11-17)18(13-20,14-21)12-4-7-15-5-2-1-3-6-15/h1-3,5-6,8-11,21H,4,7,12-14,20H2. The van der Waals surface area contributed by atoms with Gasteiger partial charge in [-0.2, -0.15) is 0 Å². The number of halogens is 1. The molecular weight excluding hydrogens is 265 g/mol. The molecule has 2 aromatic rings. The van der Waals surface area contributed by atoms with Crippen molar-refractivity contribution in [2.45, 2.75) is 24.7 Å². The molecule has 0 saturated carbocycles. The Kier molecular flexibility index (Phi) is 5.48. The number of aliphatic hydroxyl groups excluding tert-OH is 1. The van der Waals surface area contributed by atoms with E-state index in [-0.39, 0.29) is 12.4 Å². The number of benzene rings is 2. The average molecular weight is 287 g/mol. The lowest BCUT2D eigenvalue weighted by atomic mass is 9.77. The lowest BCUT2D eigenvalue weighted by Gasteiger charge is -2.31. The van der Waals surface area contributed by atoms with Crippen molar-refractivity contribution in [3.05, 3.63) is 71.5 Å². The predicted octanol–water partition coefficient (Wildman–Crippen LogP) is 3.04. The molecule has 0 aliphatic rings. The monoisotopic (exact) mass is 287 g/mol. The van der Waals surface area contributed by atoms with Gasteiger partial charge in [-0.25, -0.2) is 4.39 Å². The lowest BCUT2D eigenvalue weighted by molar-refractivity contribution is 0.185. The molecule has 0 saturated heterocycles. The van der Waals surface area contributed by atoms with Crippen LogP contribution in [0, 0.1) is 5.82 Å². The van der Waals surface area contributed by atoms with Crippen LogP contribution in [0.5, 0.6) is 0 Å². The van der Waals surface area contributed by atoms with Gasteiger partial charge in [-0.15, -0.1) is 0 Å².